The van der Waals surface area contributed by atoms with E-state index in [1.165, 1.54) is 0 Å². The Morgan fingerprint density at radius 1 is 1.16 bits per heavy atom. The number of phenolic OH excluding ortho intramolecular Hbond substituents is 1. The van der Waals surface area contributed by atoms with Gasteiger partial charge < -0.3 is 15.3 Å². The lowest BCUT2D eigenvalue weighted by atomic mass is 10.1. The Kier molecular flexibility index (Phi) is 3.02. The normalized spacial score (nSPS) is 14.1. The van der Waals surface area contributed by atoms with E-state index in [1.807, 2.05) is 0 Å². The van der Waals surface area contributed by atoms with Gasteiger partial charge in [-0.15, -0.1) is 15.3 Å². The summed E-state index contributed by atoms with van der Waals surface area (Å²) in [6.07, 6.45) is 1.07. The number of hydrogen-bond donors (Lipinski definition) is 3. The highest BCUT2D eigenvalue weighted by atomic mass is 16.4. The van der Waals surface area contributed by atoms with E-state index in [0.717, 1.165) is 18.3 Å². The molecule has 19 heavy (non-hydrogen) atoms. The molecule has 1 aromatic carbocycles. The van der Waals surface area contributed by atoms with Gasteiger partial charge in [0.1, 0.15) is 22.7 Å². The number of amides is 1. The largest absolute Gasteiger partial charge is 0.507 e. The number of benzene rings is 1. The van der Waals surface area contributed by atoms with Crippen molar-refractivity contribution in [1.82, 2.24) is 0 Å². The van der Waals surface area contributed by atoms with Crippen LogP contribution in [0.1, 0.15) is 10.4 Å². The first kappa shape index (κ1) is 12.4. The van der Waals surface area contributed by atoms with Crippen molar-refractivity contribution >= 4 is 17.6 Å². The number of carboxylic acid groups (broad SMARTS) is 1. The zero-order valence-corrected chi connectivity index (χ0v) is 9.18. The zero-order valence-electron chi connectivity index (χ0n) is 9.18. The highest BCUT2D eigenvalue weighted by Crippen LogP contribution is 2.34. The Bertz CT molecular complexity index is 662. The molecule has 1 aromatic rings. The van der Waals surface area contributed by atoms with Gasteiger partial charge in [0.05, 0.1) is 6.20 Å². The van der Waals surface area contributed by atoms with Gasteiger partial charge in [0.2, 0.25) is 0 Å². The lowest BCUT2D eigenvalue weighted by Crippen LogP contribution is -1.96. The third-order valence-corrected chi connectivity index (χ3v) is 2.14. The summed E-state index contributed by atoms with van der Waals surface area (Å²) in [6.45, 7) is 0. The minimum atomic E-state index is -1.39. The maximum atomic E-state index is 11.0. The molecule has 1 amide bonds. The number of nitrogens with zero attached hydrogens (tertiary/aromatic N) is 4. The van der Waals surface area contributed by atoms with Gasteiger partial charge in [-0.25, -0.2) is 4.79 Å². The number of carbonyl (C=O) groups excluding carboxylic acids is 1. The zero-order chi connectivity index (χ0) is 14.0. The van der Waals surface area contributed by atoms with Crippen molar-refractivity contribution in [3.63, 3.8) is 0 Å². The second-order valence-corrected chi connectivity index (χ2v) is 3.40. The van der Waals surface area contributed by atoms with Crippen LogP contribution in [0.3, 0.4) is 0 Å². The van der Waals surface area contributed by atoms with Crippen LogP contribution in [0, 0.1) is 0 Å². The average Bonchev–Trinajstić information content (AvgIpc) is 2.73. The summed E-state index contributed by atoms with van der Waals surface area (Å²) in [7, 11) is 0. The van der Waals surface area contributed by atoms with E-state index in [1.54, 1.807) is 0 Å². The predicted molar refractivity (Wildman–Crippen MR) is 59.2 cm³/mol. The number of carbonyl (C=O) groups is 2. The molecule has 0 aliphatic carbocycles. The Morgan fingerprint density at radius 2 is 1.89 bits per heavy atom. The van der Waals surface area contributed by atoms with Crippen LogP contribution < -0.4 is 0 Å². The summed E-state index contributed by atoms with van der Waals surface area (Å²) in [5.41, 5.74) is -0.812. The van der Waals surface area contributed by atoms with Crippen LogP contribution in [0.25, 0.3) is 0 Å². The maximum Gasteiger partial charge on any atom is 0.339 e. The minimum Gasteiger partial charge on any atom is -0.507 e. The highest BCUT2D eigenvalue weighted by molar-refractivity contribution is 5.95. The molecule has 0 bridgehead atoms. The Morgan fingerprint density at radius 3 is 2.47 bits per heavy atom. The molecule has 0 aromatic heterocycles. The monoisotopic (exact) mass is 262 g/mol. The molecule has 0 fully saturated rings. The van der Waals surface area contributed by atoms with Crippen molar-refractivity contribution in [2.45, 2.75) is 0 Å². The number of carboxylic acids is 1. The second kappa shape index (κ2) is 4.64. The van der Waals surface area contributed by atoms with Gasteiger partial charge in [-0.05, 0) is 6.07 Å². The molecule has 0 unspecified atom stereocenters. The first-order valence-corrected chi connectivity index (χ1v) is 4.85. The fourth-order valence-corrected chi connectivity index (χ4v) is 1.24. The Labute approximate surface area is 105 Å². The summed E-state index contributed by atoms with van der Waals surface area (Å²) < 4.78 is 0. The maximum absolute atomic E-state index is 11.0. The molecular formula is C10H6N4O5. The summed E-state index contributed by atoms with van der Waals surface area (Å²) in [6, 6.07) is 1.74. The molecule has 2 rings (SSSR count). The molecule has 1 heterocycles. The van der Waals surface area contributed by atoms with E-state index in [0.29, 0.717) is 0 Å². The molecule has 0 saturated heterocycles. The van der Waals surface area contributed by atoms with Crippen LogP contribution in [-0.4, -0.2) is 27.2 Å². The van der Waals surface area contributed by atoms with Crippen molar-refractivity contribution < 1.29 is 24.9 Å². The van der Waals surface area contributed by atoms with E-state index in [9.17, 15) is 19.8 Å². The third-order valence-electron chi connectivity index (χ3n) is 2.14. The van der Waals surface area contributed by atoms with Gasteiger partial charge >= 0.3 is 11.9 Å². The van der Waals surface area contributed by atoms with Gasteiger partial charge in [-0.3, -0.25) is 4.79 Å². The van der Waals surface area contributed by atoms with Gasteiger partial charge in [0.15, 0.2) is 5.70 Å². The summed E-state index contributed by atoms with van der Waals surface area (Å²) in [4.78, 5) is 21.8. The van der Waals surface area contributed by atoms with Crippen molar-refractivity contribution in [2.24, 2.45) is 20.5 Å². The number of aromatic carboxylic acids is 1. The Balaban J connectivity index is 2.35. The van der Waals surface area contributed by atoms with Gasteiger partial charge in [-0.2, -0.15) is 5.11 Å². The molecule has 0 radical (unpaired) electrons. The van der Waals surface area contributed by atoms with Crippen LogP contribution in [-0.2, 0) is 4.79 Å². The van der Waals surface area contributed by atoms with Crippen LogP contribution >= 0.6 is 0 Å². The lowest BCUT2D eigenvalue weighted by Gasteiger charge is -2.02. The molecule has 9 heteroatoms. The van der Waals surface area contributed by atoms with E-state index in [-0.39, 0.29) is 11.4 Å². The fourth-order valence-electron chi connectivity index (χ4n) is 1.24. The van der Waals surface area contributed by atoms with E-state index >= 15 is 0 Å². The SMILES string of the molecule is O=C1N=NC=C1N=Nc1cc(C(=O)O)c(O)cc1O. The van der Waals surface area contributed by atoms with Crippen molar-refractivity contribution in [3.8, 4) is 11.5 Å². The molecular weight excluding hydrogens is 256 g/mol. The molecule has 3 N–H and O–H groups in total. The lowest BCUT2D eigenvalue weighted by molar-refractivity contribution is -0.114. The van der Waals surface area contributed by atoms with Crippen LogP contribution in [0.4, 0.5) is 5.69 Å². The first-order valence-electron chi connectivity index (χ1n) is 4.85. The molecule has 1 aliphatic rings. The first-order chi connectivity index (χ1) is 8.99. The summed E-state index contributed by atoms with van der Waals surface area (Å²) in [5, 5.41) is 41.0. The Hall–Kier alpha value is -3.10. The number of hydrogen-bond acceptors (Lipinski definition) is 7. The molecule has 0 atom stereocenters. The molecule has 0 spiro atoms. The highest BCUT2D eigenvalue weighted by Gasteiger charge is 2.16. The van der Waals surface area contributed by atoms with Gasteiger partial charge in [0, 0.05) is 6.07 Å². The summed E-state index contributed by atoms with van der Waals surface area (Å²) in [5.74, 6) is -3.17. The molecule has 0 saturated carbocycles. The fraction of sp³-hybridized carbons (Fsp3) is 0. The average molecular weight is 262 g/mol. The standard InChI is InChI=1S/C10H6N4O5/c15-7-2-8(16)5(1-4(7)10(18)19)12-13-6-3-11-14-9(6)17/h1-3,15-16H,(H,18,19). The van der Waals surface area contributed by atoms with Crippen molar-refractivity contribution in [1.29, 1.82) is 0 Å². The van der Waals surface area contributed by atoms with Gasteiger partial charge in [0.25, 0.3) is 0 Å². The smallest absolute Gasteiger partial charge is 0.339 e. The van der Waals surface area contributed by atoms with Crippen LogP contribution in [0.5, 0.6) is 11.5 Å². The quantitative estimate of drug-likeness (QED) is 0.710. The van der Waals surface area contributed by atoms with E-state index in [4.69, 9.17) is 5.11 Å². The number of phenols is 2. The van der Waals surface area contributed by atoms with Crippen molar-refractivity contribution in [2.75, 3.05) is 0 Å². The van der Waals surface area contributed by atoms with E-state index < -0.39 is 28.9 Å². The number of azo groups is 2. The second-order valence-electron chi connectivity index (χ2n) is 3.40. The third kappa shape index (κ3) is 2.44. The molecule has 9 nitrogen and oxygen atoms in total. The van der Waals surface area contributed by atoms with Crippen LogP contribution in [0.2, 0.25) is 0 Å². The van der Waals surface area contributed by atoms with Gasteiger partial charge in [-0.1, -0.05) is 0 Å². The summed E-state index contributed by atoms with van der Waals surface area (Å²) >= 11 is 0. The minimum absolute atomic E-state index is 0.149. The predicted octanol–water partition coefficient (Wildman–Crippen LogP) is 1.71. The van der Waals surface area contributed by atoms with E-state index in [2.05, 4.69) is 20.5 Å². The van der Waals surface area contributed by atoms with Crippen molar-refractivity contribution in [3.05, 3.63) is 29.6 Å². The number of rotatable bonds is 3. The number of aromatic hydroxyl groups is 2. The van der Waals surface area contributed by atoms with Crippen LogP contribution in [0.15, 0.2) is 44.5 Å². The molecule has 96 valence electrons. The topological polar surface area (TPSA) is 144 Å². The molecule has 1 aliphatic heterocycles.